The van der Waals surface area contributed by atoms with Crippen molar-refractivity contribution in [2.75, 3.05) is 50.5 Å². The second-order valence-corrected chi connectivity index (χ2v) is 13.3. The summed E-state index contributed by atoms with van der Waals surface area (Å²) in [7, 11) is 3.93. The van der Waals surface area contributed by atoms with Crippen LogP contribution in [0.15, 0.2) is 156 Å². The third kappa shape index (κ3) is 7.48. The van der Waals surface area contributed by atoms with Gasteiger partial charge in [0.15, 0.2) is 0 Å². The molecule has 0 spiro atoms. The Balaban J connectivity index is 0.861. The van der Waals surface area contributed by atoms with Crippen molar-refractivity contribution in [2.45, 2.75) is 13.1 Å². The minimum Gasteiger partial charge on any atom is -0.377 e. The molecule has 54 heavy (non-hydrogen) atoms. The molecule has 0 aliphatic heterocycles. The molecule has 0 aliphatic rings. The van der Waals surface area contributed by atoms with E-state index in [0.717, 1.165) is 35.6 Å². The van der Waals surface area contributed by atoms with E-state index in [4.69, 9.17) is 9.47 Å². The molecule has 0 aliphatic carbocycles. The minimum absolute atomic E-state index is 0.542. The van der Waals surface area contributed by atoms with Crippen molar-refractivity contribution in [1.29, 1.82) is 0 Å². The first-order valence-corrected chi connectivity index (χ1v) is 18.5. The molecule has 270 valence electrons. The quantitative estimate of drug-likeness (QED) is 0.0604. The van der Waals surface area contributed by atoms with Crippen molar-refractivity contribution in [3.05, 3.63) is 157 Å². The molecular formula is C46H44N6O2. The van der Waals surface area contributed by atoms with E-state index in [1.165, 1.54) is 43.6 Å². The van der Waals surface area contributed by atoms with E-state index in [9.17, 15) is 0 Å². The zero-order chi connectivity index (χ0) is 36.7. The number of ether oxygens (including phenoxy) is 2. The van der Waals surface area contributed by atoms with Gasteiger partial charge in [-0.05, 0) is 71.8 Å². The Morgan fingerprint density at radius 3 is 1.28 bits per heavy atom. The highest BCUT2D eigenvalue weighted by molar-refractivity contribution is 6.10. The van der Waals surface area contributed by atoms with Gasteiger partial charge in [-0.15, -0.1) is 0 Å². The van der Waals surface area contributed by atoms with Crippen LogP contribution in [0.3, 0.4) is 0 Å². The number of anilines is 2. The van der Waals surface area contributed by atoms with E-state index in [1.54, 1.807) is 0 Å². The minimum atomic E-state index is 0.542. The molecule has 0 bridgehead atoms. The van der Waals surface area contributed by atoms with Crippen LogP contribution in [0.2, 0.25) is 0 Å². The number of nitrogens with zero attached hydrogens (tertiary/aromatic N) is 6. The molecule has 8 aromatic rings. The highest BCUT2D eigenvalue weighted by atomic mass is 16.5. The van der Waals surface area contributed by atoms with Crippen LogP contribution in [0.5, 0.6) is 0 Å². The largest absolute Gasteiger partial charge is 0.377 e. The Kier molecular flexibility index (Phi) is 10.5. The van der Waals surface area contributed by atoms with Crippen molar-refractivity contribution in [3.8, 4) is 0 Å². The van der Waals surface area contributed by atoms with Gasteiger partial charge in [0.25, 0.3) is 0 Å². The molecule has 0 radical (unpaired) electrons. The van der Waals surface area contributed by atoms with E-state index in [2.05, 4.69) is 129 Å². The molecular weight excluding hydrogens is 669 g/mol. The lowest BCUT2D eigenvalue weighted by Gasteiger charge is -2.12. The van der Waals surface area contributed by atoms with E-state index >= 15 is 0 Å². The number of hydrogen-bond donors (Lipinski definition) is 0. The molecule has 0 atom stereocenters. The molecule has 8 heteroatoms. The number of aromatic nitrogens is 2. The molecule has 2 heterocycles. The first-order chi connectivity index (χ1) is 26.6. The summed E-state index contributed by atoms with van der Waals surface area (Å²) in [6.07, 6.45) is 3.84. The second-order valence-electron chi connectivity index (χ2n) is 13.3. The lowest BCUT2D eigenvalue weighted by molar-refractivity contribution is 0.0431. The summed E-state index contributed by atoms with van der Waals surface area (Å²) in [6.45, 7) is 3.79. The highest BCUT2D eigenvalue weighted by Crippen LogP contribution is 2.31. The zero-order valence-electron chi connectivity index (χ0n) is 30.8. The average molecular weight is 713 g/mol. The van der Waals surface area contributed by atoms with Crippen molar-refractivity contribution < 1.29 is 9.47 Å². The Bertz CT molecular complexity index is 2380. The smallest absolute Gasteiger partial charge is 0.0701 e. The maximum absolute atomic E-state index is 6.10. The predicted octanol–water partition coefficient (Wildman–Crippen LogP) is 9.58. The van der Waals surface area contributed by atoms with Gasteiger partial charge in [0.2, 0.25) is 0 Å². The second kappa shape index (κ2) is 16.2. The third-order valence-electron chi connectivity index (χ3n) is 9.90. The van der Waals surface area contributed by atoms with Crippen molar-refractivity contribution in [2.24, 2.45) is 10.2 Å². The van der Waals surface area contributed by atoms with Gasteiger partial charge >= 0.3 is 0 Å². The molecule has 0 amide bonds. The number of para-hydroxylation sites is 4. The van der Waals surface area contributed by atoms with Gasteiger partial charge in [-0.3, -0.25) is 10.0 Å². The first kappa shape index (κ1) is 34.8. The summed E-state index contributed by atoms with van der Waals surface area (Å²) in [4.78, 5) is 0. The Morgan fingerprint density at radius 1 is 0.444 bits per heavy atom. The molecule has 6 aromatic carbocycles. The number of rotatable bonds is 15. The van der Waals surface area contributed by atoms with Crippen molar-refractivity contribution in [3.63, 3.8) is 0 Å². The van der Waals surface area contributed by atoms with Crippen LogP contribution in [0.4, 0.5) is 11.4 Å². The Labute approximate surface area is 315 Å². The normalized spacial score (nSPS) is 12.0. The number of fused-ring (bicyclic) bond motifs is 6. The first-order valence-electron chi connectivity index (χ1n) is 18.5. The SMILES string of the molecule is CN(N=Cc1ccc2c(c1)c1ccccc1n2CCOCCOCCn1c2ccccc2c2cc(C=NN(C)c3ccccc3)ccc21)c1ccccc1. The third-order valence-corrected chi connectivity index (χ3v) is 9.90. The molecule has 0 fully saturated rings. The van der Waals surface area contributed by atoms with Crippen molar-refractivity contribution in [1.82, 2.24) is 9.13 Å². The van der Waals surface area contributed by atoms with E-state index in [-0.39, 0.29) is 0 Å². The summed E-state index contributed by atoms with van der Waals surface area (Å²) in [5.74, 6) is 0. The van der Waals surface area contributed by atoms with Gasteiger partial charge in [-0.2, -0.15) is 10.2 Å². The van der Waals surface area contributed by atoms with Gasteiger partial charge in [0.1, 0.15) is 0 Å². The van der Waals surface area contributed by atoms with Crippen LogP contribution in [-0.2, 0) is 22.6 Å². The van der Waals surface area contributed by atoms with Crippen LogP contribution < -0.4 is 10.0 Å². The van der Waals surface area contributed by atoms with Gasteiger partial charge in [-0.25, -0.2) is 0 Å². The summed E-state index contributed by atoms with van der Waals surface area (Å²) in [5, 5.41) is 18.0. The maximum atomic E-state index is 6.10. The topological polar surface area (TPSA) is 59.5 Å². The number of benzene rings is 6. The molecule has 0 saturated carbocycles. The van der Waals surface area contributed by atoms with Gasteiger partial charge in [0.05, 0.1) is 50.2 Å². The molecule has 2 aromatic heterocycles. The van der Waals surface area contributed by atoms with E-state index in [0.29, 0.717) is 26.4 Å². The molecule has 0 saturated heterocycles. The maximum Gasteiger partial charge on any atom is 0.0701 e. The lowest BCUT2D eigenvalue weighted by atomic mass is 10.1. The highest BCUT2D eigenvalue weighted by Gasteiger charge is 2.12. The monoisotopic (exact) mass is 712 g/mol. The molecule has 0 unspecified atom stereocenters. The Hall–Kier alpha value is -6.22. The number of hydrogen-bond acceptors (Lipinski definition) is 6. The summed E-state index contributed by atoms with van der Waals surface area (Å²) in [6, 6.07) is 50.5. The summed E-state index contributed by atoms with van der Waals surface area (Å²) >= 11 is 0. The number of hydrazone groups is 2. The van der Waals surface area contributed by atoms with Crippen molar-refractivity contribution >= 4 is 67.4 Å². The summed E-state index contributed by atoms with van der Waals surface area (Å²) in [5.41, 5.74) is 8.99. The molecule has 8 rings (SSSR count). The average Bonchev–Trinajstić information content (AvgIpc) is 3.71. The van der Waals surface area contributed by atoms with E-state index in [1.807, 2.05) is 72.9 Å². The van der Waals surface area contributed by atoms with Gasteiger partial charge < -0.3 is 18.6 Å². The fourth-order valence-corrected chi connectivity index (χ4v) is 7.15. The fraction of sp³-hybridized carbons (Fsp3) is 0.174. The lowest BCUT2D eigenvalue weighted by Crippen LogP contribution is -2.12. The fourth-order valence-electron chi connectivity index (χ4n) is 7.15. The van der Waals surface area contributed by atoms with Crippen LogP contribution in [0.1, 0.15) is 11.1 Å². The van der Waals surface area contributed by atoms with Gasteiger partial charge in [0, 0.05) is 70.8 Å². The molecule has 0 N–H and O–H groups in total. The molecule has 8 nitrogen and oxygen atoms in total. The van der Waals surface area contributed by atoms with Crippen LogP contribution >= 0.6 is 0 Å². The Morgan fingerprint density at radius 2 is 0.833 bits per heavy atom. The zero-order valence-corrected chi connectivity index (χ0v) is 30.8. The van der Waals surface area contributed by atoms with Crippen LogP contribution in [0, 0.1) is 0 Å². The predicted molar refractivity (Wildman–Crippen MR) is 225 cm³/mol. The van der Waals surface area contributed by atoms with Crippen LogP contribution in [-0.4, -0.2) is 62.1 Å². The van der Waals surface area contributed by atoms with Crippen LogP contribution in [0.25, 0.3) is 43.6 Å². The van der Waals surface area contributed by atoms with Gasteiger partial charge in [-0.1, -0.05) is 84.9 Å². The standard InChI is InChI=1S/C46H44N6O2/c1-49(37-13-5-3-6-14-37)47-33-35-21-23-45-41(31-35)39-17-9-11-19-43(39)51(45)25-27-53-29-30-54-28-26-52-44-20-12-10-18-40(44)42-32-36(22-24-46(42)52)34-48-50(2)38-15-7-4-8-16-38/h3-24,31-34H,25-30H2,1-2H3. The summed E-state index contributed by atoms with van der Waals surface area (Å²) < 4.78 is 16.9. The van der Waals surface area contributed by atoms with E-state index < -0.39 is 0 Å².